The topological polar surface area (TPSA) is 105 Å². The molecule has 0 saturated heterocycles. The van der Waals surface area contributed by atoms with Crippen molar-refractivity contribution in [1.82, 2.24) is 0 Å². The first-order valence-electron chi connectivity index (χ1n) is 7.99. The quantitative estimate of drug-likeness (QED) is 0.618. The van der Waals surface area contributed by atoms with Crippen molar-refractivity contribution in [3.8, 4) is 0 Å². The Labute approximate surface area is 146 Å². The van der Waals surface area contributed by atoms with Gasteiger partial charge in [-0.05, 0) is 23.6 Å². The van der Waals surface area contributed by atoms with Gasteiger partial charge in [0.05, 0.1) is 29.6 Å². The van der Waals surface area contributed by atoms with Crippen LogP contribution >= 0.6 is 0 Å². The Balaban J connectivity index is 2.36. The van der Waals surface area contributed by atoms with Gasteiger partial charge in [0.1, 0.15) is 6.61 Å². The van der Waals surface area contributed by atoms with Crippen molar-refractivity contribution >= 4 is 23.3 Å². The number of methoxy groups -OCH3 is 1. The second-order valence-electron chi connectivity index (χ2n) is 5.58. The van der Waals surface area contributed by atoms with Crippen molar-refractivity contribution < 1.29 is 19.1 Å². The molecule has 132 valence electrons. The first kappa shape index (κ1) is 18.3. The molecule has 0 bridgehead atoms. The van der Waals surface area contributed by atoms with Crippen molar-refractivity contribution in [2.75, 3.05) is 18.6 Å². The minimum Gasteiger partial charge on any atom is -0.465 e. The highest BCUT2D eigenvalue weighted by molar-refractivity contribution is 6.04. The molecule has 0 saturated carbocycles. The molecule has 2 aromatic rings. The van der Waals surface area contributed by atoms with E-state index < -0.39 is 11.9 Å². The summed E-state index contributed by atoms with van der Waals surface area (Å²) in [6.45, 7) is 2.07. The van der Waals surface area contributed by atoms with Gasteiger partial charge in [-0.1, -0.05) is 43.7 Å². The number of ether oxygens (including phenoxy) is 2. The lowest BCUT2D eigenvalue weighted by Gasteiger charge is -2.16. The Hall–Kier alpha value is -3.02. The highest BCUT2D eigenvalue weighted by Crippen LogP contribution is 2.30. The standard InChI is InChI=1S/C19H22N2O4/c1-3-7-13-16(20)14(18(22)24-2)10-15(17(13)21)19(23)25-11-12-8-5-4-6-9-12/h4-6,8-10H,3,7,11,20-21H2,1-2H3. The maximum Gasteiger partial charge on any atom is 0.340 e. The summed E-state index contributed by atoms with van der Waals surface area (Å²) in [5.74, 6) is -1.23. The Morgan fingerprint density at radius 2 is 1.60 bits per heavy atom. The second kappa shape index (κ2) is 8.19. The SMILES string of the molecule is CCCc1c(N)c(C(=O)OC)cc(C(=O)OCc2ccccc2)c1N. The molecule has 0 amide bonds. The third-order valence-electron chi connectivity index (χ3n) is 3.86. The van der Waals surface area contributed by atoms with Crippen LogP contribution in [-0.2, 0) is 22.5 Å². The molecule has 0 aliphatic heterocycles. The van der Waals surface area contributed by atoms with Gasteiger partial charge in [0.25, 0.3) is 0 Å². The number of benzene rings is 2. The number of nitrogens with two attached hydrogens (primary N) is 2. The zero-order valence-corrected chi connectivity index (χ0v) is 14.4. The van der Waals surface area contributed by atoms with E-state index in [2.05, 4.69) is 0 Å². The molecule has 0 aliphatic rings. The van der Waals surface area contributed by atoms with Gasteiger partial charge in [-0.25, -0.2) is 9.59 Å². The summed E-state index contributed by atoms with van der Waals surface area (Å²) in [6, 6.07) is 10.6. The molecule has 0 spiro atoms. The van der Waals surface area contributed by atoms with Crippen LogP contribution in [0.15, 0.2) is 36.4 Å². The van der Waals surface area contributed by atoms with Crippen LogP contribution in [0.2, 0.25) is 0 Å². The minimum atomic E-state index is -0.619. The van der Waals surface area contributed by atoms with Gasteiger partial charge in [0.2, 0.25) is 0 Å². The van der Waals surface area contributed by atoms with E-state index in [9.17, 15) is 9.59 Å². The minimum absolute atomic E-state index is 0.111. The average molecular weight is 342 g/mol. The van der Waals surface area contributed by atoms with Crippen molar-refractivity contribution in [2.24, 2.45) is 0 Å². The molecule has 0 unspecified atom stereocenters. The van der Waals surface area contributed by atoms with Crippen LogP contribution in [0.4, 0.5) is 11.4 Å². The smallest absolute Gasteiger partial charge is 0.340 e. The highest BCUT2D eigenvalue weighted by Gasteiger charge is 2.23. The lowest BCUT2D eigenvalue weighted by Crippen LogP contribution is -2.16. The maximum absolute atomic E-state index is 12.5. The third kappa shape index (κ3) is 4.09. The average Bonchev–Trinajstić information content (AvgIpc) is 2.63. The molecule has 0 atom stereocenters. The largest absolute Gasteiger partial charge is 0.465 e. The summed E-state index contributed by atoms with van der Waals surface area (Å²) in [4.78, 5) is 24.4. The van der Waals surface area contributed by atoms with Gasteiger partial charge in [-0.15, -0.1) is 0 Å². The zero-order chi connectivity index (χ0) is 18.4. The van der Waals surface area contributed by atoms with E-state index in [-0.39, 0.29) is 29.1 Å². The zero-order valence-electron chi connectivity index (χ0n) is 14.4. The van der Waals surface area contributed by atoms with Crippen molar-refractivity contribution in [1.29, 1.82) is 0 Å². The summed E-state index contributed by atoms with van der Waals surface area (Å²) in [5, 5.41) is 0. The highest BCUT2D eigenvalue weighted by atomic mass is 16.5. The van der Waals surface area contributed by atoms with Crippen molar-refractivity contribution in [3.05, 3.63) is 58.7 Å². The lowest BCUT2D eigenvalue weighted by atomic mass is 9.97. The molecule has 2 rings (SSSR count). The fraction of sp³-hybridized carbons (Fsp3) is 0.263. The number of carbonyl (C=O) groups is 2. The van der Waals surface area contributed by atoms with E-state index in [4.69, 9.17) is 20.9 Å². The molecule has 2 aromatic carbocycles. The van der Waals surface area contributed by atoms with Crippen LogP contribution < -0.4 is 11.5 Å². The van der Waals surface area contributed by atoms with Gasteiger partial charge in [-0.2, -0.15) is 0 Å². The third-order valence-corrected chi connectivity index (χ3v) is 3.86. The fourth-order valence-electron chi connectivity index (χ4n) is 2.54. The first-order valence-corrected chi connectivity index (χ1v) is 7.99. The molecular formula is C19H22N2O4. The Morgan fingerprint density at radius 1 is 1.00 bits per heavy atom. The van der Waals surface area contributed by atoms with Crippen molar-refractivity contribution in [2.45, 2.75) is 26.4 Å². The molecule has 0 fully saturated rings. The lowest BCUT2D eigenvalue weighted by molar-refractivity contribution is 0.0474. The number of hydrogen-bond acceptors (Lipinski definition) is 6. The molecular weight excluding hydrogens is 320 g/mol. The predicted molar refractivity (Wildman–Crippen MR) is 96.2 cm³/mol. The molecule has 6 heteroatoms. The Morgan fingerprint density at radius 3 is 2.16 bits per heavy atom. The molecule has 0 aromatic heterocycles. The van der Waals surface area contributed by atoms with Crippen LogP contribution in [0, 0.1) is 0 Å². The normalized spacial score (nSPS) is 10.3. The summed E-state index contributed by atoms with van der Waals surface area (Å²) in [6.07, 6.45) is 1.30. The molecule has 0 radical (unpaired) electrons. The van der Waals surface area contributed by atoms with Gasteiger partial charge >= 0.3 is 11.9 Å². The van der Waals surface area contributed by atoms with Gasteiger partial charge in [-0.3, -0.25) is 0 Å². The van der Waals surface area contributed by atoms with Gasteiger partial charge < -0.3 is 20.9 Å². The van der Waals surface area contributed by atoms with E-state index in [1.807, 2.05) is 37.3 Å². The summed E-state index contributed by atoms with van der Waals surface area (Å²) >= 11 is 0. The Kier molecular flexibility index (Phi) is 6.00. The van der Waals surface area contributed by atoms with E-state index in [0.29, 0.717) is 12.0 Å². The van der Waals surface area contributed by atoms with Crippen LogP contribution in [0.25, 0.3) is 0 Å². The van der Waals surface area contributed by atoms with E-state index >= 15 is 0 Å². The van der Waals surface area contributed by atoms with E-state index in [0.717, 1.165) is 12.0 Å². The number of nitrogen functional groups attached to an aromatic ring is 2. The molecule has 0 heterocycles. The molecule has 0 aliphatic carbocycles. The summed E-state index contributed by atoms with van der Waals surface area (Å²) in [5.41, 5.74) is 14.3. The Bertz CT molecular complexity index is 773. The molecule has 25 heavy (non-hydrogen) atoms. The number of rotatable bonds is 6. The number of anilines is 2. The summed E-state index contributed by atoms with van der Waals surface area (Å²) < 4.78 is 10.1. The van der Waals surface area contributed by atoms with E-state index in [1.165, 1.54) is 13.2 Å². The van der Waals surface area contributed by atoms with Gasteiger partial charge in [0, 0.05) is 0 Å². The van der Waals surface area contributed by atoms with E-state index in [1.54, 1.807) is 0 Å². The van der Waals surface area contributed by atoms with Crippen LogP contribution in [0.3, 0.4) is 0 Å². The summed E-state index contributed by atoms with van der Waals surface area (Å²) in [7, 11) is 1.25. The van der Waals surface area contributed by atoms with Crippen molar-refractivity contribution in [3.63, 3.8) is 0 Å². The molecule has 4 N–H and O–H groups in total. The monoisotopic (exact) mass is 342 g/mol. The number of esters is 2. The second-order valence-corrected chi connectivity index (χ2v) is 5.58. The van der Waals surface area contributed by atoms with Gasteiger partial charge in [0.15, 0.2) is 0 Å². The number of carbonyl (C=O) groups excluding carboxylic acids is 2. The van der Waals surface area contributed by atoms with Crippen LogP contribution in [0.1, 0.15) is 45.2 Å². The fourth-order valence-corrected chi connectivity index (χ4v) is 2.54. The predicted octanol–water partition coefficient (Wildman–Crippen LogP) is 2.95. The van der Waals surface area contributed by atoms with Crippen LogP contribution in [-0.4, -0.2) is 19.0 Å². The molecule has 6 nitrogen and oxygen atoms in total. The first-order chi connectivity index (χ1) is 12.0. The number of hydrogen-bond donors (Lipinski definition) is 2. The maximum atomic E-state index is 12.5. The van der Waals surface area contributed by atoms with Crippen LogP contribution in [0.5, 0.6) is 0 Å².